The number of ether oxygens (including phenoxy) is 1. The topological polar surface area (TPSA) is 72.5 Å². The molecule has 0 aliphatic heterocycles. The second kappa shape index (κ2) is 6.86. The summed E-state index contributed by atoms with van der Waals surface area (Å²) in [6.07, 6.45) is 0. The second-order valence-corrected chi connectivity index (χ2v) is 6.43. The summed E-state index contributed by atoms with van der Waals surface area (Å²) in [5.41, 5.74) is 1.37. The van der Waals surface area contributed by atoms with Gasteiger partial charge in [0.1, 0.15) is 4.88 Å². The minimum absolute atomic E-state index is 0.0660. The van der Waals surface area contributed by atoms with Crippen LogP contribution in [-0.2, 0) is 4.74 Å². The van der Waals surface area contributed by atoms with E-state index >= 15 is 0 Å². The Balaban J connectivity index is 1.97. The number of carbonyl (C=O) groups is 3. The first-order valence-electron chi connectivity index (χ1n) is 7.53. The Morgan fingerprint density at radius 1 is 0.960 bits per heavy atom. The first kappa shape index (κ1) is 16.9. The molecule has 0 saturated carbocycles. The molecule has 1 heterocycles. The SMILES string of the molecule is COC(=O)c1sc2ccccc2c1NC(=O)c1ccc(C(C)=O)cc1. The number of benzene rings is 2. The zero-order chi connectivity index (χ0) is 18.0. The molecule has 0 fully saturated rings. The molecular weight excluding hydrogens is 338 g/mol. The van der Waals surface area contributed by atoms with E-state index in [1.54, 1.807) is 24.3 Å². The first-order valence-corrected chi connectivity index (χ1v) is 8.35. The van der Waals surface area contributed by atoms with Crippen LogP contribution in [0.1, 0.15) is 37.3 Å². The summed E-state index contributed by atoms with van der Waals surface area (Å²) in [6.45, 7) is 1.47. The van der Waals surface area contributed by atoms with Gasteiger partial charge in [0.15, 0.2) is 5.78 Å². The Bertz CT molecular complexity index is 973. The number of nitrogens with one attached hydrogen (secondary N) is 1. The fraction of sp³-hybridized carbons (Fsp3) is 0.105. The van der Waals surface area contributed by atoms with Crippen molar-refractivity contribution in [2.75, 3.05) is 12.4 Å². The summed E-state index contributed by atoms with van der Waals surface area (Å²) < 4.78 is 5.70. The molecule has 2 aromatic carbocycles. The molecule has 1 amide bonds. The first-order chi connectivity index (χ1) is 12.0. The summed E-state index contributed by atoms with van der Waals surface area (Å²) >= 11 is 1.27. The van der Waals surface area contributed by atoms with Gasteiger partial charge in [-0.1, -0.05) is 30.3 Å². The van der Waals surface area contributed by atoms with Crippen molar-refractivity contribution in [1.29, 1.82) is 0 Å². The van der Waals surface area contributed by atoms with Crippen LogP contribution in [0, 0.1) is 0 Å². The van der Waals surface area contributed by atoms with Gasteiger partial charge in [0.2, 0.25) is 0 Å². The lowest BCUT2D eigenvalue weighted by molar-refractivity contribution is 0.0607. The van der Waals surface area contributed by atoms with Crippen molar-refractivity contribution in [3.05, 3.63) is 64.5 Å². The molecule has 0 aliphatic carbocycles. The zero-order valence-electron chi connectivity index (χ0n) is 13.7. The standard InChI is InChI=1S/C19H15NO4S/c1-11(21)12-7-9-13(10-8-12)18(22)20-16-14-5-3-4-6-15(14)25-17(16)19(23)24-2/h3-10H,1-2H3,(H,20,22). The molecule has 1 aromatic heterocycles. The van der Waals surface area contributed by atoms with Crippen molar-refractivity contribution >= 4 is 44.8 Å². The Kier molecular flexibility index (Phi) is 4.63. The van der Waals surface area contributed by atoms with Crippen molar-refractivity contribution in [2.24, 2.45) is 0 Å². The van der Waals surface area contributed by atoms with Crippen LogP contribution in [0.15, 0.2) is 48.5 Å². The van der Waals surface area contributed by atoms with Gasteiger partial charge in [-0.25, -0.2) is 4.79 Å². The van der Waals surface area contributed by atoms with Gasteiger partial charge in [-0.05, 0) is 25.1 Å². The van der Waals surface area contributed by atoms with Crippen LogP contribution < -0.4 is 5.32 Å². The molecule has 0 aliphatic rings. The summed E-state index contributed by atoms with van der Waals surface area (Å²) in [5, 5.41) is 3.58. The number of anilines is 1. The van der Waals surface area contributed by atoms with Crippen LogP contribution >= 0.6 is 11.3 Å². The lowest BCUT2D eigenvalue weighted by Crippen LogP contribution is -2.14. The molecule has 6 heteroatoms. The fourth-order valence-corrected chi connectivity index (χ4v) is 3.52. The Labute approximate surface area is 148 Å². The van der Waals surface area contributed by atoms with Gasteiger partial charge in [-0.15, -0.1) is 11.3 Å². The number of Topliss-reactive ketones (excluding diaryl/α,β-unsaturated/α-hetero) is 1. The number of fused-ring (bicyclic) bond motifs is 1. The molecule has 0 bridgehead atoms. The van der Waals surface area contributed by atoms with E-state index in [1.165, 1.54) is 25.4 Å². The predicted molar refractivity (Wildman–Crippen MR) is 97.6 cm³/mol. The summed E-state index contributed by atoms with van der Waals surface area (Å²) in [5.74, 6) is -0.920. The van der Waals surface area contributed by atoms with Crippen molar-refractivity contribution in [3.8, 4) is 0 Å². The Hall–Kier alpha value is -2.99. The number of rotatable bonds is 4. The van der Waals surface area contributed by atoms with Gasteiger partial charge >= 0.3 is 5.97 Å². The molecule has 0 saturated heterocycles. The van der Waals surface area contributed by atoms with Gasteiger partial charge in [0.25, 0.3) is 5.91 Å². The highest BCUT2D eigenvalue weighted by Gasteiger charge is 2.21. The smallest absolute Gasteiger partial charge is 0.350 e. The minimum Gasteiger partial charge on any atom is -0.465 e. The normalized spacial score (nSPS) is 10.5. The van der Waals surface area contributed by atoms with Gasteiger partial charge in [0.05, 0.1) is 12.8 Å². The van der Waals surface area contributed by atoms with Crippen LogP contribution in [0.4, 0.5) is 5.69 Å². The molecule has 0 spiro atoms. The van der Waals surface area contributed by atoms with Crippen LogP contribution in [0.25, 0.3) is 10.1 Å². The second-order valence-electron chi connectivity index (χ2n) is 5.38. The molecule has 0 radical (unpaired) electrons. The minimum atomic E-state index is -0.497. The van der Waals surface area contributed by atoms with Crippen LogP contribution in [0.5, 0.6) is 0 Å². The maximum atomic E-state index is 12.6. The quantitative estimate of drug-likeness (QED) is 0.565. The van der Waals surface area contributed by atoms with Crippen LogP contribution in [0.3, 0.4) is 0 Å². The molecular formula is C19H15NO4S. The van der Waals surface area contributed by atoms with Crippen molar-refractivity contribution in [1.82, 2.24) is 0 Å². The predicted octanol–water partition coefficient (Wildman–Crippen LogP) is 4.14. The third-order valence-electron chi connectivity index (χ3n) is 3.76. The number of thiophene rings is 1. The monoisotopic (exact) mass is 353 g/mol. The number of hydrogen-bond donors (Lipinski definition) is 1. The summed E-state index contributed by atoms with van der Waals surface area (Å²) in [6, 6.07) is 13.8. The zero-order valence-corrected chi connectivity index (χ0v) is 14.5. The molecule has 0 atom stereocenters. The third kappa shape index (κ3) is 3.29. The molecule has 3 rings (SSSR count). The lowest BCUT2D eigenvalue weighted by Gasteiger charge is -2.07. The van der Waals surface area contributed by atoms with Crippen molar-refractivity contribution in [2.45, 2.75) is 6.92 Å². The molecule has 3 aromatic rings. The van der Waals surface area contributed by atoms with E-state index < -0.39 is 5.97 Å². The van der Waals surface area contributed by atoms with E-state index in [2.05, 4.69) is 5.32 Å². The molecule has 1 N–H and O–H groups in total. The number of ketones is 1. The van der Waals surface area contributed by atoms with Gasteiger partial charge < -0.3 is 10.1 Å². The Morgan fingerprint density at radius 3 is 2.24 bits per heavy atom. The highest BCUT2D eigenvalue weighted by Crippen LogP contribution is 2.36. The average Bonchev–Trinajstić information content (AvgIpc) is 2.99. The summed E-state index contributed by atoms with van der Waals surface area (Å²) in [7, 11) is 1.30. The summed E-state index contributed by atoms with van der Waals surface area (Å²) in [4.78, 5) is 36.3. The maximum Gasteiger partial charge on any atom is 0.350 e. The number of amides is 1. The molecule has 0 unspecified atom stereocenters. The highest BCUT2D eigenvalue weighted by atomic mass is 32.1. The van der Waals surface area contributed by atoms with Gasteiger partial charge in [-0.2, -0.15) is 0 Å². The van der Waals surface area contributed by atoms with Gasteiger partial charge in [0, 0.05) is 21.2 Å². The largest absolute Gasteiger partial charge is 0.465 e. The number of methoxy groups -OCH3 is 1. The lowest BCUT2D eigenvalue weighted by atomic mass is 10.1. The van der Waals surface area contributed by atoms with Crippen LogP contribution in [0.2, 0.25) is 0 Å². The third-order valence-corrected chi connectivity index (χ3v) is 4.91. The average molecular weight is 353 g/mol. The number of carbonyl (C=O) groups excluding carboxylic acids is 3. The van der Waals surface area contributed by atoms with E-state index in [0.29, 0.717) is 21.7 Å². The van der Waals surface area contributed by atoms with E-state index in [4.69, 9.17) is 4.74 Å². The fourth-order valence-electron chi connectivity index (χ4n) is 2.45. The molecule has 5 nitrogen and oxygen atoms in total. The molecule has 126 valence electrons. The van der Waals surface area contributed by atoms with Crippen LogP contribution in [-0.4, -0.2) is 24.8 Å². The highest BCUT2D eigenvalue weighted by molar-refractivity contribution is 7.21. The van der Waals surface area contributed by atoms with Gasteiger partial charge in [-0.3, -0.25) is 9.59 Å². The molecule has 25 heavy (non-hydrogen) atoms. The van der Waals surface area contributed by atoms with Crippen molar-refractivity contribution < 1.29 is 19.1 Å². The number of hydrogen-bond acceptors (Lipinski definition) is 5. The van der Waals surface area contributed by atoms with Crippen molar-refractivity contribution in [3.63, 3.8) is 0 Å². The van der Waals surface area contributed by atoms with E-state index in [0.717, 1.165) is 10.1 Å². The number of esters is 1. The Morgan fingerprint density at radius 2 is 1.60 bits per heavy atom. The maximum absolute atomic E-state index is 12.6. The van der Waals surface area contributed by atoms with E-state index in [1.807, 2.05) is 24.3 Å². The van der Waals surface area contributed by atoms with E-state index in [9.17, 15) is 14.4 Å². The van der Waals surface area contributed by atoms with E-state index in [-0.39, 0.29) is 11.7 Å².